The third-order valence-electron chi connectivity index (χ3n) is 8.50. The van der Waals surface area contributed by atoms with Gasteiger partial charge in [0, 0.05) is 48.6 Å². The van der Waals surface area contributed by atoms with Crippen molar-refractivity contribution in [1.29, 1.82) is 0 Å². The summed E-state index contributed by atoms with van der Waals surface area (Å²) in [6.07, 6.45) is 12.2. The molecule has 3 aliphatic rings. The Bertz CT molecular complexity index is 1530. The third kappa shape index (κ3) is 3.78. The number of hydrogen-bond acceptors (Lipinski definition) is 7. The molecule has 0 radical (unpaired) electrons. The van der Waals surface area contributed by atoms with E-state index in [4.69, 9.17) is 14.2 Å². The SMILES string of the molecule is COc1cc2nc(N3CCC4(C=C(c5c(-c6c(C)cncc6C)noc5C5CC5)C4)CC3)sc2cc1C. The van der Waals surface area contributed by atoms with E-state index in [2.05, 4.69) is 54.0 Å². The number of ether oxygens (including phenoxy) is 1. The third-order valence-corrected chi connectivity index (χ3v) is 9.57. The maximum atomic E-state index is 6.01. The molecule has 2 aliphatic carbocycles. The Kier molecular flexibility index (Phi) is 5.22. The molecule has 4 aromatic rings. The number of thiazole rings is 1. The second-order valence-corrected chi connectivity index (χ2v) is 12.2. The fraction of sp³-hybridized carbons (Fsp3) is 0.433. The summed E-state index contributed by atoms with van der Waals surface area (Å²) in [4.78, 5) is 11.8. The first-order valence-electron chi connectivity index (χ1n) is 13.3. The number of allylic oxidation sites excluding steroid dienone is 2. The van der Waals surface area contributed by atoms with Gasteiger partial charge in [-0.05, 0) is 86.6 Å². The number of hydrogen-bond donors (Lipinski definition) is 0. The van der Waals surface area contributed by atoms with E-state index < -0.39 is 0 Å². The monoisotopic (exact) mass is 512 g/mol. The summed E-state index contributed by atoms with van der Waals surface area (Å²) in [5.74, 6) is 2.54. The lowest BCUT2D eigenvalue weighted by molar-refractivity contribution is 0.277. The molecule has 0 amide bonds. The van der Waals surface area contributed by atoms with Crippen molar-refractivity contribution in [2.24, 2.45) is 5.41 Å². The maximum Gasteiger partial charge on any atom is 0.186 e. The average Bonchev–Trinajstić information content (AvgIpc) is 3.50. The zero-order valence-corrected chi connectivity index (χ0v) is 22.7. The van der Waals surface area contributed by atoms with E-state index in [0.29, 0.717) is 5.92 Å². The Morgan fingerprint density at radius 3 is 2.43 bits per heavy atom. The van der Waals surface area contributed by atoms with Gasteiger partial charge < -0.3 is 14.2 Å². The Labute approximate surface area is 221 Å². The van der Waals surface area contributed by atoms with E-state index >= 15 is 0 Å². The van der Waals surface area contributed by atoms with Gasteiger partial charge in [-0.1, -0.05) is 22.6 Å². The molecular weight excluding hydrogens is 480 g/mol. The average molecular weight is 513 g/mol. The van der Waals surface area contributed by atoms with Crippen LogP contribution in [0.2, 0.25) is 0 Å². The molecule has 0 bridgehead atoms. The van der Waals surface area contributed by atoms with Crippen molar-refractivity contribution in [1.82, 2.24) is 15.1 Å². The van der Waals surface area contributed by atoms with Gasteiger partial charge in [-0.25, -0.2) is 4.98 Å². The van der Waals surface area contributed by atoms with Crippen LogP contribution in [0.25, 0.3) is 27.0 Å². The van der Waals surface area contributed by atoms with Crippen molar-refractivity contribution in [3.05, 3.63) is 58.6 Å². The van der Waals surface area contributed by atoms with Crippen LogP contribution >= 0.6 is 11.3 Å². The zero-order chi connectivity index (χ0) is 25.3. The van der Waals surface area contributed by atoms with Crippen molar-refractivity contribution < 1.29 is 9.26 Å². The normalized spacial score (nSPS) is 18.8. The number of aryl methyl sites for hydroxylation is 3. The van der Waals surface area contributed by atoms with Gasteiger partial charge in [0.2, 0.25) is 0 Å². The molecule has 3 aromatic heterocycles. The van der Waals surface area contributed by atoms with Gasteiger partial charge in [0.15, 0.2) is 5.13 Å². The Morgan fingerprint density at radius 2 is 1.76 bits per heavy atom. The largest absolute Gasteiger partial charge is 0.496 e. The van der Waals surface area contributed by atoms with Crippen LogP contribution in [-0.4, -0.2) is 35.3 Å². The summed E-state index contributed by atoms with van der Waals surface area (Å²) in [7, 11) is 1.72. The van der Waals surface area contributed by atoms with Crippen molar-refractivity contribution >= 4 is 32.3 Å². The Morgan fingerprint density at radius 1 is 1.03 bits per heavy atom. The summed E-state index contributed by atoms with van der Waals surface area (Å²) in [5, 5.41) is 5.76. The molecule has 0 N–H and O–H groups in total. The molecule has 1 aliphatic heterocycles. The van der Waals surface area contributed by atoms with Crippen LogP contribution in [0.1, 0.15) is 66.0 Å². The van der Waals surface area contributed by atoms with E-state index in [1.165, 1.54) is 34.2 Å². The predicted molar refractivity (Wildman–Crippen MR) is 149 cm³/mol. The van der Waals surface area contributed by atoms with Gasteiger partial charge in [-0.3, -0.25) is 4.98 Å². The van der Waals surface area contributed by atoms with Gasteiger partial charge in [0.1, 0.15) is 17.2 Å². The summed E-state index contributed by atoms with van der Waals surface area (Å²) >= 11 is 1.79. The Balaban J connectivity index is 1.14. The number of nitrogens with zero attached hydrogens (tertiary/aromatic N) is 4. The standard InChI is InChI=1S/C30H32N4O2S/c1-17-11-24-22(12-23(17)35-4)32-29(37-24)34-9-7-30(8-10-34)13-21(14-30)26-27(33-36-28(26)20-5-6-20)25-18(2)15-31-16-19(25)3/h11-13,15-16,20H,5-10,14H2,1-4H3. The van der Waals surface area contributed by atoms with Gasteiger partial charge in [-0.2, -0.15) is 0 Å². The highest BCUT2D eigenvalue weighted by atomic mass is 32.1. The van der Waals surface area contributed by atoms with E-state index in [1.807, 2.05) is 12.4 Å². The molecule has 1 saturated carbocycles. The van der Waals surface area contributed by atoms with Crippen molar-refractivity contribution in [2.75, 3.05) is 25.1 Å². The first-order valence-corrected chi connectivity index (χ1v) is 14.1. The molecular formula is C30H32N4O2S. The van der Waals surface area contributed by atoms with E-state index in [9.17, 15) is 0 Å². The number of fused-ring (bicyclic) bond motifs is 1. The number of pyridine rings is 1. The highest BCUT2D eigenvalue weighted by Gasteiger charge is 2.44. The molecule has 7 rings (SSSR count). The molecule has 190 valence electrons. The first-order chi connectivity index (χ1) is 17.9. The first kappa shape index (κ1) is 23.0. The number of methoxy groups -OCH3 is 1. The number of benzene rings is 1. The van der Waals surface area contributed by atoms with Gasteiger partial charge in [0.05, 0.1) is 17.3 Å². The quantitative estimate of drug-likeness (QED) is 0.281. The van der Waals surface area contributed by atoms with Crippen LogP contribution < -0.4 is 9.64 Å². The van der Waals surface area contributed by atoms with Gasteiger partial charge >= 0.3 is 0 Å². The topological polar surface area (TPSA) is 64.3 Å². The van der Waals surface area contributed by atoms with Crippen molar-refractivity contribution in [2.45, 2.75) is 58.8 Å². The van der Waals surface area contributed by atoms with Crippen LogP contribution in [0, 0.1) is 26.2 Å². The number of aromatic nitrogens is 3. The van der Waals surface area contributed by atoms with Crippen LogP contribution in [0.3, 0.4) is 0 Å². The summed E-state index contributed by atoms with van der Waals surface area (Å²) < 4.78 is 12.7. The number of anilines is 1. The molecule has 6 nitrogen and oxygen atoms in total. The maximum absolute atomic E-state index is 6.01. The molecule has 1 aromatic carbocycles. The van der Waals surface area contributed by atoms with Crippen molar-refractivity contribution in [3.8, 4) is 17.0 Å². The minimum atomic E-state index is 0.278. The molecule has 1 spiro atoms. The smallest absolute Gasteiger partial charge is 0.186 e. The van der Waals surface area contributed by atoms with Gasteiger partial charge in [-0.15, -0.1) is 0 Å². The molecule has 1 saturated heterocycles. The highest BCUT2D eigenvalue weighted by molar-refractivity contribution is 7.22. The Hall–Kier alpha value is -3.19. The second kappa shape index (κ2) is 8.42. The van der Waals surface area contributed by atoms with E-state index in [1.54, 1.807) is 18.4 Å². The predicted octanol–water partition coefficient (Wildman–Crippen LogP) is 7.23. The number of piperidine rings is 1. The van der Waals surface area contributed by atoms with Crippen LogP contribution in [0.4, 0.5) is 5.13 Å². The fourth-order valence-corrected chi connectivity index (χ4v) is 7.32. The lowest BCUT2D eigenvalue weighted by atomic mass is 9.63. The molecule has 0 unspecified atom stereocenters. The minimum Gasteiger partial charge on any atom is -0.496 e. The van der Waals surface area contributed by atoms with Crippen LogP contribution in [0.15, 0.2) is 35.1 Å². The molecule has 2 fully saturated rings. The van der Waals surface area contributed by atoms with E-state index in [-0.39, 0.29) is 5.41 Å². The van der Waals surface area contributed by atoms with Crippen molar-refractivity contribution in [3.63, 3.8) is 0 Å². The zero-order valence-electron chi connectivity index (χ0n) is 21.9. The van der Waals surface area contributed by atoms with Crippen LogP contribution in [0.5, 0.6) is 5.75 Å². The van der Waals surface area contributed by atoms with Gasteiger partial charge in [0.25, 0.3) is 0 Å². The molecule has 4 heterocycles. The number of rotatable bonds is 5. The van der Waals surface area contributed by atoms with E-state index in [0.717, 1.165) is 76.9 Å². The highest BCUT2D eigenvalue weighted by Crippen LogP contribution is 2.56. The molecule has 37 heavy (non-hydrogen) atoms. The summed E-state index contributed by atoms with van der Waals surface area (Å²) in [5.41, 5.74) is 9.66. The summed E-state index contributed by atoms with van der Waals surface area (Å²) in [6, 6.07) is 4.26. The fourth-order valence-electron chi connectivity index (χ4n) is 6.23. The lowest BCUT2D eigenvalue weighted by Gasteiger charge is -2.46. The lowest BCUT2D eigenvalue weighted by Crippen LogP contribution is -2.42. The molecule has 7 heteroatoms. The molecule has 0 atom stereocenters. The van der Waals surface area contributed by atoms with Crippen LogP contribution in [-0.2, 0) is 0 Å². The minimum absolute atomic E-state index is 0.278. The second-order valence-electron chi connectivity index (χ2n) is 11.2. The summed E-state index contributed by atoms with van der Waals surface area (Å²) in [6.45, 7) is 8.41.